The van der Waals surface area contributed by atoms with Crippen LogP contribution in [0, 0.1) is 0 Å². The first-order valence-corrected chi connectivity index (χ1v) is 7.23. The summed E-state index contributed by atoms with van der Waals surface area (Å²) in [6.07, 6.45) is 1.10. The van der Waals surface area contributed by atoms with Gasteiger partial charge in [-0.3, -0.25) is 0 Å². The fourth-order valence-electron chi connectivity index (χ4n) is 2.22. The van der Waals surface area contributed by atoms with E-state index in [1.54, 1.807) is 13.3 Å². The van der Waals surface area contributed by atoms with Crippen LogP contribution in [0.5, 0.6) is 5.75 Å². The molecule has 1 aromatic carbocycles. The second kappa shape index (κ2) is 7.77. The predicted molar refractivity (Wildman–Crippen MR) is 88.0 cm³/mol. The minimum Gasteiger partial charge on any atom is -0.497 e. The number of aliphatic hydroxyl groups excluding tert-OH is 1. The molecule has 1 heterocycles. The summed E-state index contributed by atoms with van der Waals surface area (Å²) in [5, 5.41) is 10.5. The molecule has 22 heavy (non-hydrogen) atoms. The molecule has 0 saturated heterocycles. The monoisotopic (exact) mass is 301 g/mol. The van der Waals surface area contributed by atoms with Gasteiger partial charge in [-0.1, -0.05) is 18.2 Å². The Morgan fingerprint density at radius 2 is 1.86 bits per heavy atom. The van der Waals surface area contributed by atoms with Gasteiger partial charge < -0.3 is 19.6 Å². The quantitative estimate of drug-likeness (QED) is 0.793. The third-order valence-electron chi connectivity index (χ3n) is 3.34. The summed E-state index contributed by atoms with van der Waals surface area (Å²) in [5.74, 6) is 1.58. The lowest BCUT2D eigenvalue weighted by Crippen LogP contribution is -2.42. The minimum absolute atomic E-state index is 0.534. The van der Waals surface area contributed by atoms with Crippen molar-refractivity contribution in [2.24, 2.45) is 0 Å². The number of methoxy groups -OCH3 is 1. The highest BCUT2D eigenvalue weighted by Crippen LogP contribution is 2.19. The van der Waals surface area contributed by atoms with Crippen LogP contribution in [0.1, 0.15) is 5.56 Å². The van der Waals surface area contributed by atoms with E-state index in [0.29, 0.717) is 13.1 Å². The van der Waals surface area contributed by atoms with Crippen molar-refractivity contribution < 1.29 is 9.84 Å². The standard InChI is InChI=1S/C17H23N3O2/c1-19(2)13-17(21)20(16-6-4-5-11-18-16)12-14-7-9-15(22-3)10-8-14/h4-11,17,21H,12-13H2,1-3H3. The summed E-state index contributed by atoms with van der Waals surface area (Å²) in [6, 6.07) is 13.5. The molecule has 1 atom stereocenters. The second-order valence-corrected chi connectivity index (χ2v) is 5.41. The van der Waals surface area contributed by atoms with Gasteiger partial charge in [-0.25, -0.2) is 4.98 Å². The van der Waals surface area contributed by atoms with E-state index in [0.717, 1.165) is 17.1 Å². The number of aromatic nitrogens is 1. The number of nitrogens with zero attached hydrogens (tertiary/aromatic N) is 3. The Morgan fingerprint density at radius 1 is 1.14 bits per heavy atom. The number of pyridine rings is 1. The summed E-state index contributed by atoms with van der Waals surface area (Å²) in [7, 11) is 5.52. The summed E-state index contributed by atoms with van der Waals surface area (Å²) >= 11 is 0. The fraction of sp³-hybridized carbons (Fsp3) is 0.353. The van der Waals surface area contributed by atoms with Gasteiger partial charge in [-0.05, 0) is 43.9 Å². The number of likely N-dealkylation sites (N-methyl/N-ethyl adjacent to an activating group) is 1. The molecule has 118 valence electrons. The smallest absolute Gasteiger partial charge is 0.141 e. The van der Waals surface area contributed by atoms with Gasteiger partial charge in [0.25, 0.3) is 0 Å². The molecular weight excluding hydrogens is 278 g/mol. The van der Waals surface area contributed by atoms with E-state index in [9.17, 15) is 5.11 Å². The molecule has 0 spiro atoms. The van der Waals surface area contributed by atoms with Crippen molar-refractivity contribution in [3.63, 3.8) is 0 Å². The molecule has 0 radical (unpaired) electrons. The fourth-order valence-corrected chi connectivity index (χ4v) is 2.22. The van der Waals surface area contributed by atoms with Crippen LogP contribution in [-0.2, 0) is 6.54 Å². The summed E-state index contributed by atoms with van der Waals surface area (Å²) in [5.41, 5.74) is 1.09. The molecule has 5 heteroatoms. The third-order valence-corrected chi connectivity index (χ3v) is 3.34. The van der Waals surface area contributed by atoms with E-state index in [1.807, 2.05) is 66.4 Å². The van der Waals surface area contributed by atoms with Crippen LogP contribution in [0.15, 0.2) is 48.7 Å². The van der Waals surface area contributed by atoms with E-state index in [4.69, 9.17) is 4.74 Å². The Labute approximate surface area is 131 Å². The Morgan fingerprint density at radius 3 is 2.41 bits per heavy atom. The highest BCUT2D eigenvalue weighted by molar-refractivity contribution is 5.40. The first kappa shape index (κ1) is 16.3. The second-order valence-electron chi connectivity index (χ2n) is 5.41. The van der Waals surface area contributed by atoms with Crippen LogP contribution in [0.25, 0.3) is 0 Å². The number of benzene rings is 1. The van der Waals surface area contributed by atoms with Crippen molar-refractivity contribution in [2.45, 2.75) is 12.8 Å². The molecule has 1 unspecified atom stereocenters. The highest BCUT2D eigenvalue weighted by Gasteiger charge is 2.18. The van der Waals surface area contributed by atoms with Crippen LogP contribution < -0.4 is 9.64 Å². The Hall–Kier alpha value is -2.11. The molecule has 0 aliphatic carbocycles. The lowest BCUT2D eigenvalue weighted by atomic mass is 10.2. The van der Waals surface area contributed by atoms with Gasteiger partial charge in [-0.15, -0.1) is 0 Å². The molecule has 0 aliphatic rings. The lowest BCUT2D eigenvalue weighted by Gasteiger charge is -2.31. The maximum atomic E-state index is 10.5. The predicted octanol–water partition coefficient (Wildman–Crippen LogP) is 1.98. The van der Waals surface area contributed by atoms with Crippen LogP contribution in [-0.4, -0.2) is 49.0 Å². The molecule has 0 fully saturated rings. The van der Waals surface area contributed by atoms with Crippen molar-refractivity contribution in [2.75, 3.05) is 32.6 Å². The maximum absolute atomic E-state index is 10.5. The first-order chi connectivity index (χ1) is 10.6. The summed E-state index contributed by atoms with van der Waals surface area (Å²) in [4.78, 5) is 8.20. The van der Waals surface area contributed by atoms with Gasteiger partial charge in [0.1, 0.15) is 17.8 Å². The van der Waals surface area contributed by atoms with Crippen LogP contribution >= 0.6 is 0 Å². The molecule has 0 bridgehead atoms. The van der Waals surface area contributed by atoms with E-state index >= 15 is 0 Å². The number of hydrogen-bond donors (Lipinski definition) is 1. The molecule has 0 saturated carbocycles. The van der Waals surface area contributed by atoms with Gasteiger partial charge in [0.05, 0.1) is 7.11 Å². The average Bonchev–Trinajstić information content (AvgIpc) is 2.53. The largest absolute Gasteiger partial charge is 0.497 e. The van der Waals surface area contributed by atoms with Gasteiger partial charge in [0, 0.05) is 19.3 Å². The molecule has 1 aromatic heterocycles. The normalized spacial score (nSPS) is 12.2. The van der Waals surface area contributed by atoms with Crippen LogP contribution in [0.4, 0.5) is 5.82 Å². The zero-order valence-corrected chi connectivity index (χ0v) is 13.3. The van der Waals surface area contributed by atoms with Crippen molar-refractivity contribution in [1.82, 2.24) is 9.88 Å². The molecule has 2 aromatic rings. The number of hydrogen-bond acceptors (Lipinski definition) is 5. The van der Waals surface area contributed by atoms with Crippen LogP contribution in [0.2, 0.25) is 0 Å². The van der Waals surface area contributed by atoms with Gasteiger partial charge in [0.15, 0.2) is 0 Å². The number of aliphatic hydroxyl groups is 1. The van der Waals surface area contributed by atoms with Crippen molar-refractivity contribution in [3.8, 4) is 5.75 Å². The van der Waals surface area contributed by atoms with E-state index in [1.165, 1.54) is 0 Å². The molecule has 0 aliphatic heterocycles. The maximum Gasteiger partial charge on any atom is 0.141 e. The van der Waals surface area contributed by atoms with Gasteiger partial charge in [0.2, 0.25) is 0 Å². The van der Waals surface area contributed by atoms with Crippen LogP contribution in [0.3, 0.4) is 0 Å². The molecule has 0 amide bonds. The molecule has 2 rings (SSSR count). The van der Waals surface area contributed by atoms with Crippen molar-refractivity contribution in [3.05, 3.63) is 54.2 Å². The molecule has 1 N–H and O–H groups in total. The third kappa shape index (κ3) is 4.44. The van der Waals surface area contributed by atoms with E-state index in [2.05, 4.69) is 4.98 Å². The topological polar surface area (TPSA) is 48.8 Å². The van der Waals surface area contributed by atoms with E-state index < -0.39 is 6.23 Å². The number of rotatable bonds is 7. The van der Waals surface area contributed by atoms with Gasteiger partial charge in [-0.2, -0.15) is 0 Å². The molecule has 5 nitrogen and oxygen atoms in total. The molecular formula is C17H23N3O2. The van der Waals surface area contributed by atoms with E-state index in [-0.39, 0.29) is 0 Å². The van der Waals surface area contributed by atoms with Gasteiger partial charge >= 0.3 is 0 Å². The SMILES string of the molecule is COc1ccc(CN(c2ccccn2)C(O)CN(C)C)cc1. The summed E-state index contributed by atoms with van der Waals surface area (Å²) in [6.45, 7) is 1.11. The van der Waals surface area contributed by atoms with Crippen molar-refractivity contribution in [1.29, 1.82) is 0 Å². The first-order valence-electron chi connectivity index (χ1n) is 7.23. The Balaban J connectivity index is 2.19. The minimum atomic E-state index is -0.632. The number of ether oxygens (including phenoxy) is 1. The average molecular weight is 301 g/mol. The lowest BCUT2D eigenvalue weighted by molar-refractivity contribution is 0.129. The Bertz CT molecular complexity index is 558. The summed E-state index contributed by atoms with van der Waals surface area (Å²) < 4.78 is 5.18. The Kier molecular flexibility index (Phi) is 5.75. The zero-order chi connectivity index (χ0) is 15.9. The highest BCUT2D eigenvalue weighted by atomic mass is 16.5. The van der Waals surface area contributed by atoms with Crippen molar-refractivity contribution >= 4 is 5.82 Å². The number of anilines is 1. The zero-order valence-electron chi connectivity index (χ0n) is 13.3.